The first-order chi connectivity index (χ1) is 7.15. The molecule has 0 saturated heterocycles. The van der Waals surface area contributed by atoms with Crippen LogP contribution >= 0.6 is 0 Å². The fourth-order valence-electron chi connectivity index (χ4n) is 2.14. The number of hydrogen-bond donors (Lipinski definition) is 1. The highest BCUT2D eigenvalue weighted by Gasteiger charge is 2.49. The molecule has 0 aromatic heterocycles. The third-order valence-corrected chi connectivity index (χ3v) is 3.19. The van der Waals surface area contributed by atoms with Gasteiger partial charge in [-0.3, -0.25) is 0 Å². The van der Waals surface area contributed by atoms with E-state index >= 15 is 0 Å². The summed E-state index contributed by atoms with van der Waals surface area (Å²) in [6.07, 6.45) is 3.84. The van der Waals surface area contributed by atoms with Crippen molar-refractivity contribution in [3.8, 4) is 0 Å². The molecule has 0 spiro atoms. The molecule has 2 rings (SSSR count). The fraction of sp³-hybridized carbons (Fsp3) is 0.429. The van der Waals surface area contributed by atoms with Gasteiger partial charge in [-0.25, -0.2) is 0 Å². The Hall–Kier alpha value is -1.08. The van der Waals surface area contributed by atoms with E-state index in [1.54, 1.807) is 0 Å². The third-order valence-electron chi connectivity index (χ3n) is 3.19. The minimum atomic E-state index is -0.329. The quantitative estimate of drug-likeness (QED) is 0.747. The van der Waals surface area contributed by atoms with Gasteiger partial charge in [0, 0.05) is 5.41 Å². The van der Waals surface area contributed by atoms with Crippen LogP contribution in [-0.4, -0.2) is 11.2 Å². The Labute approximate surface area is 91.4 Å². The lowest BCUT2D eigenvalue weighted by atomic mass is 9.89. The van der Waals surface area contributed by atoms with Gasteiger partial charge in [-0.05, 0) is 32.3 Å². The van der Waals surface area contributed by atoms with Gasteiger partial charge in [0.2, 0.25) is 0 Å². The highest BCUT2D eigenvalue weighted by atomic mass is 16.3. The summed E-state index contributed by atoms with van der Waals surface area (Å²) in [6, 6.07) is 10.4. The molecule has 0 amide bonds. The van der Waals surface area contributed by atoms with E-state index in [4.69, 9.17) is 0 Å². The van der Waals surface area contributed by atoms with E-state index in [1.165, 1.54) is 11.1 Å². The molecule has 1 nitrogen and oxygen atoms in total. The Bertz CT molecular complexity index is 356. The molecule has 1 N–H and O–H groups in total. The maximum atomic E-state index is 10.2. The summed E-state index contributed by atoms with van der Waals surface area (Å²) in [5.74, 6) is 0. The van der Waals surface area contributed by atoms with Crippen molar-refractivity contribution >= 4 is 0 Å². The molecule has 0 aliphatic heterocycles. The van der Waals surface area contributed by atoms with Crippen LogP contribution in [-0.2, 0) is 5.41 Å². The van der Waals surface area contributed by atoms with E-state index in [9.17, 15) is 5.11 Å². The molecule has 1 aromatic carbocycles. The van der Waals surface area contributed by atoms with Gasteiger partial charge >= 0.3 is 0 Å². The maximum absolute atomic E-state index is 10.2. The SMILES string of the molecule is CC(C)=CC(O)C1(c2ccccc2)CC1. The number of benzene rings is 1. The summed E-state index contributed by atoms with van der Waals surface area (Å²) in [7, 11) is 0. The Morgan fingerprint density at radius 1 is 1.27 bits per heavy atom. The van der Waals surface area contributed by atoms with Gasteiger partial charge in [0.1, 0.15) is 0 Å². The summed E-state index contributed by atoms with van der Waals surface area (Å²) in [5.41, 5.74) is 2.47. The van der Waals surface area contributed by atoms with Gasteiger partial charge < -0.3 is 5.11 Å². The van der Waals surface area contributed by atoms with Crippen LogP contribution in [0.25, 0.3) is 0 Å². The summed E-state index contributed by atoms with van der Waals surface area (Å²) in [4.78, 5) is 0. The molecular weight excluding hydrogens is 184 g/mol. The Morgan fingerprint density at radius 2 is 1.87 bits per heavy atom. The van der Waals surface area contributed by atoms with Gasteiger partial charge in [-0.15, -0.1) is 0 Å². The van der Waals surface area contributed by atoms with E-state index in [1.807, 2.05) is 38.1 Å². The van der Waals surface area contributed by atoms with Crippen molar-refractivity contribution in [2.75, 3.05) is 0 Å². The average molecular weight is 202 g/mol. The van der Waals surface area contributed by atoms with E-state index in [0.29, 0.717) is 0 Å². The van der Waals surface area contributed by atoms with Crippen LogP contribution in [0.3, 0.4) is 0 Å². The predicted molar refractivity (Wildman–Crippen MR) is 62.8 cm³/mol. The summed E-state index contributed by atoms with van der Waals surface area (Å²) < 4.78 is 0. The average Bonchev–Trinajstić information content (AvgIpc) is 2.99. The lowest BCUT2D eigenvalue weighted by Gasteiger charge is -2.20. The van der Waals surface area contributed by atoms with E-state index in [-0.39, 0.29) is 11.5 Å². The maximum Gasteiger partial charge on any atom is 0.0819 e. The van der Waals surface area contributed by atoms with Gasteiger partial charge in [0.25, 0.3) is 0 Å². The second-order valence-electron chi connectivity index (χ2n) is 4.71. The molecule has 1 aliphatic carbocycles. The Kier molecular flexibility index (Phi) is 2.66. The predicted octanol–water partition coefficient (Wildman–Crippen LogP) is 3.05. The molecule has 1 atom stereocenters. The standard InChI is InChI=1S/C14H18O/c1-11(2)10-13(15)14(8-9-14)12-6-4-3-5-7-12/h3-7,10,13,15H,8-9H2,1-2H3. The van der Waals surface area contributed by atoms with Crippen LogP contribution in [0.2, 0.25) is 0 Å². The molecule has 1 unspecified atom stereocenters. The van der Waals surface area contributed by atoms with E-state index in [0.717, 1.165) is 12.8 Å². The normalized spacial score (nSPS) is 19.4. The van der Waals surface area contributed by atoms with E-state index < -0.39 is 0 Å². The first-order valence-electron chi connectivity index (χ1n) is 5.54. The number of hydrogen-bond acceptors (Lipinski definition) is 1. The fourth-order valence-corrected chi connectivity index (χ4v) is 2.14. The van der Waals surface area contributed by atoms with Gasteiger partial charge in [-0.1, -0.05) is 42.0 Å². The third kappa shape index (κ3) is 1.98. The molecule has 1 aliphatic rings. The van der Waals surface area contributed by atoms with Gasteiger partial charge in [0.15, 0.2) is 0 Å². The molecule has 0 radical (unpaired) electrons. The minimum Gasteiger partial charge on any atom is -0.388 e. The van der Waals surface area contributed by atoms with Crippen LogP contribution < -0.4 is 0 Å². The summed E-state index contributed by atoms with van der Waals surface area (Å²) >= 11 is 0. The molecular formula is C14H18O. The van der Waals surface area contributed by atoms with Crippen molar-refractivity contribution in [3.05, 3.63) is 47.5 Å². The topological polar surface area (TPSA) is 20.2 Å². The van der Waals surface area contributed by atoms with E-state index in [2.05, 4.69) is 12.1 Å². The zero-order valence-corrected chi connectivity index (χ0v) is 9.40. The van der Waals surface area contributed by atoms with Crippen LogP contribution in [0, 0.1) is 0 Å². The zero-order chi connectivity index (χ0) is 10.9. The lowest BCUT2D eigenvalue weighted by Crippen LogP contribution is -2.24. The number of rotatable bonds is 3. The highest BCUT2D eigenvalue weighted by Crippen LogP contribution is 2.51. The number of aliphatic hydroxyl groups excluding tert-OH is 1. The highest BCUT2D eigenvalue weighted by molar-refractivity contribution is 5.35. The zero-order valence-electron chi connectivity index (χ0n) is 9.40. The van der Waals surface area contributed by atoms with Crippen molar-refractivity contribution in [2.45, 2.75) is 38.2 Å². The lowest BCUT2D eigenvalue weighted by molar-refractivity contribution is 0.178. The van der Waals surface area contributed by atoms with Crippen LogP contribution in [0.5, 0.6) is 0 Å². The van der Waals surface area contributed by atoms with Crippen molar-refractivity contribution in [2.24, 2.45) is 0 Å². The number of aliphatic hydroxyl groups is 1. The molecule has 1 saturated carbocycles. The van der Waals surface area contributed by atoms with Crippen LogP contribution in [0.1, 0.15) is 32.3 Å². The smallest absolute Gasteiger partial charge is 0.0819 e. The first-order valence-corrected chi connectivity index (χ1v) is 5.54. The van der Waals surface area contributed by atoms with Crippen LogP contribution in [0.15, 0.2) is 42.0 Å². The minimum absolute atomic E-state index is 0.0124. The Balaban J connectivity index is 2.25. The largest absolute Gasteiger partial charge is 0.388 e. The Morgan fingerprint density at radius 3 is 2.33 bits per heavy atom. The molecule has 15 heavy (non-hydrogen) atoms. The van der Waals surface area contributed by atoms with Crippen molar-refractivity contribution in [3.63, 3.8) is 0 Å². The first kappa shape index (κ1) is 10.4. The summed E-state index contributed by atoms with van der Waals surface area (Å²) in [6.45, 7) is 4.06. The second-order valence-corrected chi connectivity index (χ2v) is 4.71. The van der Waals surface area contributed by atoms with Crippen molar-refractivity contribution in [1.82, 2.24) is 0 Å². The second kappa shape index (κ2) is 3.82. The molecule has 80 valence electrons. The molecule has 0 bridgehead atoms. The number of allylic oxidation sites excluding steroid dienone is 1. The van der Waals surface area contributed by atoms with Gasteiger partial charge in [0.05, 0.1) is 6.10 Å². The molecule has 1 heteroatoms. The molecule has 0 heterocycles. The molecule has 1 aromatic rings. The summed E-state index contributed by atoms with van der Waals surface area (Å²) in [5, 5.41) is 10.2. The van der Waals surface area contributed by atoms with Crippen LogP contribution in [0.4, 0.5) is 0 Å². The van der Waals surface area contributed by atoms with Gasteiger partial charge in [-0.2, -0.15) is 0 Å². The molecule has 1 fully saturated rings. The van der Waals surface area contributed by atoms with Crippen molar-refractivity contribution in [1.29, 1.82) is 0 Å². The monoisotopic (exact) mass is 202 g/mol. The van der Waals surface area contributed by atoms with Crippen molar-refractivity contribution < 1.29 is 5.11 Å².